The third kappa shape index (κ3) is 5.38. The van der Waals surface area contributed by atoms with Crippen LogP contribution < -0.4 is 10.0 Å². The fourth-order valence-corrected chi connectivity index (χ4v) is 3.88. The zero-order valence-electron chi connectivity index (χ0n) is 14.6. The van der Waals surface area contributed by atoms with Crippen LogP contribution in [0.15, 0.2) is 46.0 Å². The maximum absolute atomic E-state index is 12.1. The second-order valence-electron chi connectivity index (χ2n) is 5.85. The SMILES string of the molecule is CC(C)NS(=O)(=O)c1ccc(NC(=O)C(C)OC(=O)c2ccsc2)cc1. The molecule has 0 saturated carbocycles. The second-order valence-corrected chi connectivity index (χ2v) is 8.34. The van der Waals surface area contributed by atoms with Crippen molar-refractivity contribution in [1.29, 1.82) is 0 Å². The largest absolute Gasteiger partial charge is 0.449 e. The number of amides is 1. The molecule has 9 heteroatoms. The first kappa shape index (κ1) is 20.1. The van der Waals surface area contributed by atoms with Gasteiger partial charge in [-0.3, -0.25) is 4.79 Å². The highest BCUT2D eigenvalue weighted by Gasteiger charge is 2.20. The number of nitrogens with one attached hydrogen (secondary N) is 2. The van der Waals surface area contributed by atoms with E-state index in [2.05, 4.69) is 10.0 Å². The molecule has 26 heavy (non-hydrogen) atoms. The number of benzene rings is 1. The van der Waals surface area contributed by atoms with Crippen molar-refractivity contribution >= 4 is 38.9 Å². The van der Waals surface area contributed by atoms with Crippen molar-refractivity contribution in [3.8, 4) is 0 Å². The standard InChI is InChI=1S/C17H20N2O5S2/c1-11(2)19-26(22,23)15-6-4-14(5-7-15)18-16(20)12(3)24-17(21)13-8-9-25-10-13/h4-12,19H,1-3H3,(H,18,20). The molecule has 0 radical (unpaired) electrons. The van der Waals surface area contributed by atoms with Crippen LogP contribution in [-0.2, 0) is 19.6 Å². The van der Waals surface area contributed by atoms with Crippen molar-refractivity contribution in [3.63, 3.8) is 0 Å². The van der Waals surface area contributed by atoms with Gasteiger partial charge in [0.25, 0.3) is 5.91 Å². The number of sulfonamides is 1. The lowest BCUT2D eigenvalue weighted by atomic mass is 10.3. The van der Waals surface area contributed by atoms with Crippen LogP contribution in [-0.4, -0.2) is 32.4 Å². The van der Waals surface area contributed by atoms with Crippen LogP contribution in [0.25, 0.3) is 0 Å². The molecule has 0 bridgehead atoms. The van der Waals surface area contributed by atoms with Gasteiger partial charge in [0, 0.05) is 17.1 Å². The lowest BCUT2D eigenvalue weighted by Gasteiger charge is -2.14. The Morgan fingerprint density at radius 2 is 1.73 bits per heavy atom. The molecule has 7 nitrogen and oxygen atoms in total. The predicted octanol–water partition coefficient (Wildman–Crippen LogP) is 2.62. The van der Waals surface area contributed by atoms with Gasteiger partial charge >= 0.3 is 5.97 Å². The molecule has 0 aliphatic rings. The van der Waals surface area contributed by atoms with E-state index < -0.39 is 28.0 Å². The number of esters is 1. The lowest BCUT2D eigenvalue weighted by molar-refractivity contribution is -0.123. The topological polar surface area (TPSA) is 102 Å². The molecule has 1 aromatic heterocycles. The molecule has 0 spiro atoms. The molecule has 1 unspecified atom stereocenters. The highest BCUT2D eigenvalue weighted by atomic mass is 32.2. The van der Waals surface area contributed by atoms with E-state index in [1.807, 2.05) is 0 Å². The van der Waals surface area contributed by atoms with E-state index in [-0.39, 0.29) is 10.9 Å². The predicted molar refractivity (Wildman–Crippen MR) is 99.7 cm³/mol. The van der Waals surface area contributed by atoms with Crippen LogP contribution in [0.4, 0.5) is 5.69 Å². The summed E-state index contributed by atoms with van der Waals surface area (Å²) in [7, 11) is -3.59. The van der Waals surface area contributed by atoms with Crippen LogP contribution in [0.2, 0.25) is 0 Å². The summed E-state index contributed by atoms with van der Waals surface area (Å²) >= 11 is 1.36. The van der Waals surface area contributed by atoms with Crippen LogP contribution in [0, 0.1) is 0 Å². The average molecular weight is 396 g/mol. The number of ether oxygens (including phenoxy) is 1. The minimum atomic E-state index is -3.59. The fourth-order valence-electron chi connectivity index (χ4n) is 2.00. The summed E-state index contributed by atoms with van der Waals surface area (Å²) < 4.78 is 31.7. The molecule has 0 fully saturated rings. The Kier molecular flexibility index (Phi) is 6.52. The first-order chi connectivity index (χ1) is 12.2. The first-order valence-electron chi connectivity index (χ1n) is 7.85. The monoisotopic (exact) mass is 396 g/mol. The van der Waals surface area contributed by atoms with Crippen LogP contribution in [0.5, 0.6) is 0 Å². The molecule has 2 N–H and O–H groups in total. The van der Waals surface area contributed by atoms with Gasteiger partial charge in [-0.2, -0.15) is 11.3 Å². The minimum Gasteiger partial charge on any atom is -0.449 e. The van der Waals surface area contributed by atoms with Crippen LogP contribution >= 0.6 is 11.3 Å². The minimum absolute atomic E-state index is 0.0983. The summed E-state index contributed by atoms with van der Waals surface area (Å²) in [5.74, 6) is -1.08. The molecule has 0 aliphatic heterocycles. The van der Waals surface area contributed by atoms with Gasteiger partial charge in [-0.15, -0.1) is 0 Å². The molecule has 1 aromatic carbocycles. The maximum atomic E-state index is 12.1. The van der Waals surface area contributed by atoms with Gasteiger partial charge in [0.2, 0.25) is 10.0 Å². The number of anilines is 1. The lowest BCUT2D eigenvalue weighted by Crippen LogP contribution is -2.30. The molecule has 140 valence electrons. The van der Waals surface area contributed by atoms with Crippen LogP contribution in [0.1, 0.15) is 31.1 Å². The Labute approximate surface area is 156 Å². The van der Waals surface area contributed by atoms with Gasteiger partial charge in [-0.05, 0) is 56.5 Å². The molecule has 1 amide bonds. The van der Waals surface area contributed by atoms with E-state index in [0.29, 0.717) is 11.3 Å². The Bertz CT molecular complexity index is 859. The number of carbonyl (C=O) groups is 2. The summed E-state index contributed by atoms with van der Waals surface area (Å²) in [6.07, 6.45) is -0.992. The summed E-state index contributed by atoms with van der Waals surface area (Å²) in [5, 5.41) is 5.96. The Balaban J connectivity index is 1.97. The Hall–Kier alpha value is -2.23. The van der Waals surface area contributed by atoms with Crippen molar-refractivity contribution in [3.05, 3.63) is 46.7 Å². The van der Waals surface area contributed by atoms with Gasteiger partial charge in [-0.25, -0.2) is 17.9 Å². The zero-order chi connectivity index (χ0) is 19.3. The summed E-state index contributed by atoms with van der Waals surface area (Å²) in [5.41, 5.74) is 0.791. The van der Waals surface area contributed by atoms with Crippen molar-refractivity contribution < 1.29 is 22.7 Å². The highest BCUT2D eigenvalue weighted by molar-refractivity contribution is 7.89. The van der Waals surface area contributed by atoms with Crippen LogP contribution in [0.3, 0.4) is 0 Å². The second kappa shape index (κ2) is 8.43. The smallest absolute Gasteiger partial charge is 0.339 e. The molecule has 0 saturated heterocycles. The van der Waals surface area contributed by atoms with Crippen molar-refractivity contribution in [2.45, 2.75) is 37.8 Å². The van der Waals surface area contributed by atoms with Crippen molar-refractivity contribution in [1.82, 2.24) is 4.72 Å². The van der Waals surface area contributed by atoms with Gasteiger partial charge in [-0.1, -0.05) is 0 Å². The van der Waals surface area contributed by atoms with E-state index in [9.17, 15) is 18.0 Å². The fraction of sp³-hybridized carbons (Fsp3) is 0.294. The molecule has 1 heterocycles. The van der Waals surface area contributed by atoms with Crippen molar-refractivity contribution in [2.24, 2.45) is 0 Å². The number of hydrogen-bond donors (Lipinski definition) is 2. The van der Waals surface area contributed by atoms with E-state index in [0.717, 1.165) is 0 Å². The molecule has 2 aromatic rings. The number of thiophene rings is 1. The summed E-state index contributed by atoms with van der Waals surface area (Å²) in [6, 6.07) is 7.12. The van der Waals surface area contributed by atoms with E-state index in [1.54, 1.807) is 30.7 Å². The first-order valence-corrected chi connectivity index (χ1v) is 10.3. The van der Waals surface area contributed by atoms with E-state index >= 15 is 0 Å². The average Bonchev–Trinajstić information content (AvgIpc) is 3.08. The normalized spacial score (nSPS) is 12.6. The third-order valence-corrected chi connectivity index (χ3v) is 5.59. The number of carbonyl (C=O) groups excluding carboxylic acids is 2. The molecule has 2 rings (SSSR count). The maximum Gasteiger partial charge on any atom is 0.339 e. The van der Waals surface area contributed by atoms with E-state index in [1.165, 1.54) is 42.5 Å². The van der Waals surface area contributed by atoms with Gasteiger partial charge in [0.15, 0.2) is 6.10 Å². The molecule has 1 atom stereocenters. The zero-order valence-corrected chi connectivity index (χ0v) is 16.2. The Morgan fingerprint density at radius 1 is 1.08 bits per heavy atom. The summed E-state index contributed by atoms with van der Waals surface area (Å²) in [6.45, 7) is 4.92. The number of rotatable bonds is 7. The molecule has 0 aliphatic carbocycles. The molecular formula is C17H20N2O5S2. The van der Waals surface area contributed by atoms with Crippen molar-refractivity contribution in [2.75, 3.05) is 5.32 Å². The van der Waals surface area contributed by atoms with Gasteiger partial charge < -0.3 is 10.1 Å². The quantitative estimate of drug-likeness (QED) is 0.701. The number of hydrogen-bond acceptors (Lipinski definition) is 6. The summed E-state index contributed by atoms with van der Waals surface area (Å²) in [4.78, 5) is 24.1. The van der Waals surface area contributed by atoms with E-state index in [4.69, 9.17) is 4.74 Å². The highest BCUT2D eigenvalue weighted by Crippen LogP contribution is 2.15. The Morgan fingerprint density at radius 3 is 2.27 bits per heavy atom. The molecular weight excluding hydrogens is 376 g/mol. The van der Waals surface area contributed by atoms with Gasteiger partial charge in [0.1, 0.15) is 0 Å². The third-order valence-electron chi connectivity index (χ3n) is 3.23. The van der Waals surface area contributed by atoms with Gasteiger partial charge in [0.05, 0.1) is 10.5 Å².